The lowest BCUT2D eigenvalue weighted by Crippen LogP contribution is -2.45. The fraction of sp³-hybridized carbons (Fsp3) is 0.600. The van der Waals surface area contributed by atoms with Crippen LogP contribution in [0.15, 0.2) is 23.1 Å². The molecule has 21 heavy (non-hydrogen) atoms. The Balaban J connectivity index is 2.20. The molecular formula is C15H23ClN2O2S. The van der Waals surface area contributed by atoms with Crippen LogP contribution >= 0.6 is 11.6 Å². The van der Waals surface area contributed by atoms with Crippen molar-refractivity contribution in [1.82, 2.24) is 4.72 Å². The van der Waals surface area contributed by atoms with E-state index >= 15 is 0 Å². The number of halogens is 1. The minimum Gasteiger partial charge on any atom is -0.329 e. The van der Waals surface area contributed by atoms with Gasteiger partial charge in [0.2, 0.25) is 10.0 Å². The summed E-state index contributed by atoms with van der Waals surface area (Å²) in [5.74, 6) is 0.331. The van der Waals surface area contributed by atoms with Gasteiger partial charge < -0.3 is 5.73 Å². The van der Waals surface area contributed by atoms with Gasteiger partial charge in [0.25, 0.3) is 0 Å². The van der Waals surface area contributed by atoms with E-state index in [0.717, 1.165) is 25.7 Å². The summed E-state index contributed by atoms with van der Waals surface area (Å²) >= 11 is 5.93. The first-order valence-corrected chi connectivity index (χ1v) is 9.28. The third-order valence-corrected chi connectivity index (χ3v) is 6.09. The maximum atomic E-state index is 12.6. The molecule has 0 bridgehead atoms. The lowest BCUT2D eigenvalue weighted by Gasteiger charge is -2.30. The number of nitrogens with two attached hydrogens (primary N) is 1. The van der Waals surface area contributed by atoms with Gasteiger partial charge in [-0.25, -0.2) is 13.1 Å². The molecular weight excluding hydrogens is 308 g/mol. The molecule has 1 aromatic carbocycles. The Morgan fingerprint density at radius 3 is 2.62 bits per heavy atom. The molecule has 0 spiro atoms. The first-order valence-electron chi connectivity index (χ1n) is 7.42. The van der Waals surface area contributed by atoms with Crippen LogP contribution < -0.4 is 10.5 Å². The normalized spacial score (nSPS) is 18.6. The summed E-state index contributed by atoms with van der Waals surface area (Å²) in [6.45, 7) is 2.09. The molecule has 0 radical (unpaired) electrons. The number of rotatable bonds is 5. The van der Waals surface area contributed by atoms with Crippen molar-refractivity contribution in [3.63, 3.8) is 0 Å². The molecule has 0 aliphatic heterocycles. The van der Waals surface area contributed by atoms with Crippen molar-refractivity contribution in [2.75, 3.05) is 6.54 Å². The van der Waals surface area contributed by atoms with E-state index in [4.69, 9.17) is 17.3 Å². The van der Waals surface area contributed by atoms with Crippen molar-refractivity contribution < 1.29 is 8.42 Å². The van der Waals surface area contributed by atoms with Crippen molar-refractivity contribution in [3.8, 4) is 0 Å². The highest BCUT2D eigenvalue weighted by atomic mass is 35.5. The molecule has 1 aliphatic rings. The quantitative estimate of drug-likeness (QED) is 0.872. The number of benzene rings is 1. The Kier molecular flexibility index (Phi) is 5.66. The van der Waals surface area contributed by atoms with Crippen LogP contribution in [0.1, 0.15) is 37.7 Å². The molecule has 1 aromatic rings. The summed E-state index contributed by atoms with van der Waals surface area (Å²) in [6.07, 6.45) is 5.62. The molecule has 1 saturated carbocycles. The maximum absolute atomic E-state index is 12.6. The van der Waals surface area contributed by atoms with Crippen LogP contribution in [0, 0.1) is 12.8 Å². The van der Waals surface area contributed by atoms with Gasteiger partial charge in [-0.1, -0.05) is 36.9 Å². The SMILES string of the molecule is Cc1ccc(Cl)cc1S(=O)(=O)NC(CN)C1CCCCC1. The van der Waals surface area contributed by atoms with Gasteiger partial charge in [0.1, 0.15) is 0 Å². The number of aryl methyl sites for hydroxylation is 1. The fourth-order valence-electron chi connectivity index (χ4n) is 3.00. The highest BCUT2D eigenvalue weighted by molar-refractivity contribution is 7.89. The zero-order valence-electron chi connectivity index (χ0n) is 12.3. The van der Waals surface area contributed by atoms with Crippen molar-refractivity contribution in [2.24, 2.45) is 11.7 Å². The standard InChI is InChI=1S/C15H23ClN2O2S/c1-11-7-8-13(16)9-15(11)21(19,20)18-14(10-17)12-5-3-2-4-6-12/h7-9,12,14,18H,2-6,10,17H2,1H3. The van der Waals surface area contributed by atoms with Gasteiger partial charge in [-0.3, -0.25) is 0 Å². The largest absolute Gasteiger partial charge is 0.329 e. The average molecular weight is 331 g/mol. The molecule has 2 rings (SSSR count). The van der Waals surface area contributed by atoms with E-state index in [2.05, 4.69) is 4.72 Å². The van der Waals surface area contributed by atoms with Gasteiger partial charge in [-0.15, -0.1) is 0 Å². The van der Waals surface area contributed by atoms with E-state index in [-0.39, 0.29) is 10.9 Å². The summed E-state index contributed by atoms with van der Waals surface area (Å²) in [6, 6.07) is 4.70. The number of hydrogen-bond donors (Lipinski definition) is 2. The third kappa shape index (κ3) is 4.19. The summed E-state index contributed by atoms with van der Waals surface area (Å²) in [5.41, 5.74) is 6.49. The predicted octanol–water partition coefficient (Wildman–Crippen LogP) is 2.83. The molecule has 1 aliphatic carbocycles. The van der Waals surface area contributed by atoms with E-state index in [9.17, 15) is 8.42 Å². The minimum absolute atomic E-state index is 0.200. The molecule has 4 nitrogen and oxygen atoms in total. The van der Waals surface area contributed by atoms with Crippen LogP contribution in [0.2, 0.25) is 5.02 Å². The van der Waals surface area contributed by atoms with Crippen molar-refractivity contribution >= 4 is 21.6 Å². The summed E-state index contributed by atoms with van der Waals surface area (Å²) < 4.78 is 28.0. The van der Waals surface area contributed by atoms with Gasteiger partial charge in [0.15, 0.2) is 0 Å². The zero-order chi connectivity index (χ0) is 15.5. The topological polar surface area (TPSA) is 72.2 Å². The lowest BCUT2D eigenvalue weighted by molar-refractivity contribution is 0.294. The summed E-state index contributed by atoms with van der Waals surface area (Å²) in [4.78, 5) is 0.240. The predicted molar refractivity (Wildman–Crippen MR) is 85.9 cm³/mol. The Bertz CT molecular complexity index is 583. The molecule has 0 heterocycles. The second kappa shape index (κ2) is 7.09. The van der Waals surface area contributed by atoms with Crippen LogP contribution in [-0.2, 0) is 10.0 Å². The number of nitrogens with one attached hydrogen (secondary N) is 1. The van der Waals surface area contributed by atoms with Crippen molar-refractivity contribution in [1.29, 1.82) is 0 Å². The minimum atomic E-state index is -3.59. The molecule has 6 heteroatoms. The average Bonchev–Trinajstić information content (AvgIpc) is 2.48. The van der Waals surface area contributed by atoms with Gasteiger partial charge in [0, 0.05) is 17.6 Å². The van der Waals surface area contributed by atoms with Gasteiger partial charge in [-0.05, 0) is 43.4 Å². The highest BCUT2D eigenvalue weighted by Crippen LogP contribution is 2.27. The van der Waals surface area contributed by atoms with E-state index < -0.39 is 10.0 Å². The van der Waals surface area contributed by atoms with E-state index in [1.54, 1.807) is 19.1 Å². The fourth-order valence-corrected chi connectivity index (χ4v) is 4.82. The molecule has 3 N–H and O–H groups in total. The van der Waals surface area contributed by atoms with E-state index in [1.807, 2.05) is 0 Å². The summed E-state index contributed by atoms with van der Waals surface area (Å²) in [7, 11) is -3.59. The van der Waals surface area contributed by atoms with Gasteiger partial charge in [0.05, 0.1) is 4.90 Å². The molecule has 0 amide bonds. The molecule has 118 valence electrons. The van der Waals surface area contributed by atoms with E-state index in [1.165, 1.54) is 12.5 Å². The smallest absolute Gasteiger partial charge is 0.241 e. The maximum Gasteiger partial charge on any atom is 0.241 e. The number of hydrogen-bond acceptors (Lipinski definition) is 3. The number of sulfonamides is 1. The Hall–Kier alpha value is -0.620. The molecule has 1 fully saturated rings. The second-order valence-corrected chi connectivity index (χ2v) is 7.89. The molecule has 0 aromatic heterocycles. The molecule has 1 unspecified atom stereocenters. The van der Waals surface area contributed by atoms with Gasteiger partial charge >= 0.3 is 0 Å². The first-order chi connectivity index (χ1) is 9.94. The van der Waals surface area contributed by atoms with Crippen molar-refractivity contribution in [3.05, 3.63) is 28.8 Å². The first kappa shape index (κ1) is 16.7. The van der Waals surface area contributed by atoms with Crippen LogP contribution in [0.4, 0.5) is 0 Å². The molecule has 0 saturated heterocycles. The Labute approximate surface area is 132 Å². The molecule has 1 atom stereocenters. The lowest BCUT2D eigenvalue weighted by atomic mass is 9.84. The zero-order valence-corrected chi connectivity index (χ0v) is 13.9. The highest BCUT2D eigenvalue weighted by Gasteiger charge is 2.28. The Morgan fingerprint density at radius 2 is 2.00 bits per heavy atom. The van der Waals surface area contributed by atoms with Crippen LogP contribution in [-0.4, -0.2) is 21.0 Å². The second-order valence-electron chi connectivity index (χ2n) is 5.77. The Morgan fingerprint density at radius 1 is 1.33 bits per heavy atom. The van der Waals surface area contributed by atoms with Gasteiger partial charge in [-0.2, -0.15) is 0 Å². The van der Waals surface area contributed by atoms with Crippen LogP contribution in [0.25, 0.3) is 0 Å². The summed E-state index contributed by atoms with van der Waals surface area (Å²) in [5, 5.41) is 0.419. The third-order valence-electron chi connectivity index (χ3n) is 4.22. The monoisotopic (exact) mass is 330 g/mol. The van der Waals surface area contributed by atoms with E-state index in [0.29, 0.717) is 23.0 Å². The van der Waals surface area contributed by atoms with Crippen LogP contribution in [0.3, 0.4) is 0 Å². The van der Waals surface area contributed by atoms with Crippen molar-refractivity contribution in [2.45, 2.75) is 50.0 Å². The van der Waals surface area contributed by atoms with Crippen LogP contribution in [0.5, 0.6) is 0 Å².